The second-order valence-electron chi connectivity index (χ2n) is 5.43. The molecule has 0 fully saturated rings. The van der Waals surface area contributed by atoms with Crippen LogP contribution in [0.25, 0.3) is 0 Å². The van der Waals surface area contributed by atoms with Crippen LogP contribution in [-0.2, 0) is 9.84 Å². The molecule has 8 heteroatoms. The van der Waals surface area contributed by atoms with Gasteiger partial charge in [-0.1, -0.05) is 19.1 Å². The van der Waals surface area contributed by atoms with Gasteiger partial charge in [0.15, 0.2) is 9.84 Å². The molecular weight excluding hydrogens is 376 g/mol. The fraction of sp³-hybridized carbons (Fsp3) is 0.278. The van der Waals surface area contributed by atoms with E-state index in [0.717, 1.165) is 0 Å². The van der Waals surface area contributed by atoms with Crippen molar-refractivity contribution in [3.05, 3.63) is 54.1 Å². The number of hydrogen-bond acceptors (Lipinski definition) is 5. The standard InChI is InChI=1S/C18H22N2O4S.ClH/c1-2-13-25(22,23)17-6-4-3-5-16(17)18(21)20-14-7-9-15(10-8-14)24-12-11-19;/h3-10H,2,11-13,19H2,1H3,(H,20,21);1H. The van der Waals surface area contributed by atoms with Crippen LogP contribution in [0.3, 0.4) is 0 Å². The third-order valence-electron chi connectivity index (χ3n) is 3.44. The van der Waals surface area contributed by atoms with E-state index in [2.05, 4.69) is 5.32 Å². The first-order valence-corrected chi connectivity index (χ1v) is 9.69. The molecule has 2 rings (SSSR count). The van der Waals surface area contributed by atoms with Crippen LogP contribution >= 0.6 is 12.4 Å². The number of nitrogens with two attached hydrogens (primary N) is 1. The quantitative estimate of drug-likeness (QED) is 0.712. The van der Waals surface area contributed by atoms with Crippen molar-refractivity contribution in [3.63, 3.8) is 0 Å². The molecule has 0 spiro atoms. The zero-order valence-electron chi connectivity index (χ0n) is 14.5. The first kappa shape index (κ1) is 22.0. The van der Waals surface area contributed by atoms with Gasteiger partial charge in [-0.05, 0) is 42.8 Å². The molecule has 1 amide bonds. The number of sulfone groups is 1. The second-order valence-corrected chi connectivity index (χ2v) is 7.51. The highest BCUT2D eigenvalue weighted by Crippen LogP contribution is 2.21. The Morgan fingerprint density at radius 1 is 1.12 bits per heavy atom. The molecule has 0 unspecified atom stereocenters. The Morgan fingerprint density at radius 2 is 1.77 bits per heavy atom. The summed E-state index contributed by atoms with van der Waals surface area (Å²) < 4.78 is 30.1. The minimum absolute atomic E-state index is 0. The van der Waals surface area contributed by atoms with Gasteiger partial charge in [-0.15, -0.1) is 12.4 Å². The SMILES string of the molecule is CCCS(=O)(=O)c1ccccc1C(=O)Nc1ccc(OCCN)cc1.Cl. The summed E-state index contributed by atoms with van der Waals surface area (Å²) in [6, 6.07) is 13.0. The lowest BCUT2D eigenvalue weighted by atomic mass is 10.2. The number of rotatable bonds is 8. The predicted octanol–water partition coefficient (Wildman–Crippen LogP) is 2.88. The van der Waals surface area contributed by atoms with Crippen molar-refractivity contribution in [3.8, 4) is 5.75 Å². The van der Waals surface area contributed by atoms with Gasteiger partial charge in [-0.25, -0.2) is 8.42 Å². The van der Waals surface area contributed by atoms with E-state index in [4.69, 9.17) is 10.5 Å². The summed E-state index contributed by atoms with van der Waals surface area (Å²) in [4.78, 5) is 12.6. The van der Waals surface area contributed by atoms with Crippen LogP contribution in [-0.4, -0.2) is 33.2 Å². The van der Waals surface area contributed by atoms with Crippen LogP contribution in [0.1, 0.15) is 23.7 Å². The van der Waals surface area contributed by atoms with E-state index >= 15 is 0 Å². The minimum Gasteiger partial charge on any atom is -0.492 e. The number of anilines is 1. The van der Waals surface area contributed by atoms with Crippen molar-refractivity contribution in [1.82, 2.24) is 0 Å². The summed E-state index contributed by atoms with van der Waals surface area (Å²) in [6.07, 6.45) is 0.489. The Balaban J connectivity index is 0.00000338. The molecule has 2 aromatic carbocycles. The number of hydrogen-bond donors (Lipinski definition) is 2. The highest BCUT2D eigenvalue weighted by molar-refractivity contribution is 7.91. The van der Waals surface area contributed by atoms with Gasteiger partial charge in [0.2, 0.25) is 0 Å². The van der Waals surface area contributed by atoms with Gasteiger partial charge >= 0.3 is 0 Å². The van der Waals surface area contributed by atoms with Crippen LogP contribution in [0.2, 0.25) is 0 Å². The van der Waals surface area contributed by atoms with Crippen molar-refractivity contribution in [2.75, 3.05) is 24.2 Å². The third kappa shape index (κ3) is 5.72. The van der Waals surface area contributed by atoms with E-state index < -0.39 is 15.7 Å². The van der Waals surface area contributed by atoms with Gasteiger partial charge in [0.25, 0.3) is 5.91 Å². The zero-order valence-corrected chi connectivity index (χ0v) is 16.1. The van der Waals surface area contributed by atoms with Crippen LogP contribution in [0.4, 0.5) is 5.69 Å². The van der Waals surface area contributed by atoms with E-state index in [-0.39, 0.29) is 28.6 Å². The van der Waals surface area contributed by atoms with Crippen LogP contribution in [0.15, 0.2) is 53.4 Å². The minimum atomic E-state index is -3.49. The molecule has 0 atom stereocenters. The number of carbonyl (C=O) groups is 1. The molecule has 0 bridgehead atoms. The zero-order chi connectivity index (χ0) is 18.3. The maximum atomic E-state index is 12.5. The van der Waals surface area contributed by atoms with E-state index in [1.807, 2.05) is 0 Å². The average Bonchev–Trinajstić information content (AvgIpc) is 2.61. The highest BCUT2D eigenvalue weighted by Gasteiger charge is 2.21. The lowest BCUT2D eigenvalue weighted by Gasteiger charge is -2.11. The molecule has 0 heterocycles. The summed E-state index contributed by atoms with van der Waals surface area (Å²) >= 11 is 0. The van der Waals surface area contributed by atoms with E-state index in [9.17, 15) is 13.2 Å². The molecule has 0 aromatic heterocycles. The van der Waals surface area contributed by atoms with Gasteiger partial charge in [0.05, 0.1) is 16.2 Å². The van der Waals surface area contributed by atoms with Crippen molar-refractivity contribution >= 4 is 33.8 Å². The molecular formula is C18H23ClN2O4S. The summed E-state index contributed by atoms with van der Waals surface area (Å²) in [6.45, 7) is 2.62. The molecule has 0 aliphatic rings. The van der Waals surface area contributed by atoms with Gasteiger partial charge in [0, 0.05) is 12.2 Å². The van der Waals surface area contributed by atoms with E-state index in [1.54, 1.807) is 43.3 Å². The lowest BCUT2D eigenvalue weighted by Crippen LogP contribution is -2.17. The molecule has 0 radical (unpaired) electrons. The normalized spacial score (nSPS) is 10.7. The van der Waals surface area contributed by atoms with Gasteiger partial charge in [0.1, 0.15) is 12.4 Å². The van der Waals surface area contributed by atoms with E-state index in [1.165, 1.54) is 12.1 Å². The fourth-order valence-corrected chi connectivity index (χ4v) is 3.85. The maximum absolute atomic E-state index is 12.5. The number of ether oxygens (including phenoxy) is 1. The Morgan fingerprint density at radius 3 is 2.38 bits per heavy atom. The summed E-state index contributed by atoms with van der Waals surface area (Å²) in [5, 5.41) is 2.71. The van der Waals surface area contributed by atoms with Gasteiger partial charge in [-0.3, -0.25) is 4.79 Å². The summed E-state index contributed by atoms with van der Waals surface area (Å²) in [5.41, 5.74) is 6.06. The van der Waals surface area contributed by atoms with Crippen molar-refractivity contribution in [2.45, 2.75) is 18.2 Å². The Labute approximate surface area is 160 Å². The Hall–Kier alpha value is -2.09. The second kappa shape index (κ2) is 10.2. The van der Waals surface area contributed by atoms with Crippen LogP contribution in [0, 0.1) is 0 Å². The van der Waals surface area contributed by atoms with Crippen molar-refractivity contribution < 1.29 is 17.9 Å². The van der Waals surface area contributed by atoms with Crippen molar-refractivity contribution in [2.24, 2.45) is 5.73 Å². The molecule has 0 aliphatic heterocycles. The maximum Gasteiger partial charge on any atom is 0.256 e. The molecule has 0 aliphatic carbocycles. The number of halogens is 1. The van der Waals surface area contributed by atoms with Crippen LogP contribution < -0.4 is 15.8 Å². The summed E-state index contributed by atoms with van der Waals surface area (Å²) in [7, 11) is -3.49. The first-order valence-electron chi connectivity index (χ1n) is 8.04. The summed E-state index contributed by atoms with van der Waals surface area (Å²) in [5.74, 6) is 0.185. The molecule has 6 nitrogen and oxygen atoms in total. The monoisotopic (exact) mass is 398 g/mol. The molecule has 3 N–H and O–H groups in total. The fourth-order valence-electron chi connectivity index (χ4n) is 2.31. The number of benzene rings is 2. The van der Waals surface area contributed by atoms with Gasteiger partial charge < -0.3 is 15.8 Å². The topological polar surface area (TPSA) is 98.5 Å². The third-order valence-corrected chi connectivity index (χ3v) is 5.41. The number of nitrogens with one attached hydrogen (secondary N) is 1. The molecule has 26 heavy (non-hydrogen) atoms. The Kier molecular flexibility index (Phi) is 8.57. The largest absolute Gasteiger partial charge is 0.492 e. The highest BCUT2D eigenvalue weighted by atomic mass is 35.5. The van der Waals surface area contributed by atoms with Crippen molar-refractivity contribution in [1.29, 1.82) is 0 Å². The number of carbonyl (C=O) groups excluding carboxylic acids is 1. The predicted molar refractivity (Wildman–Crippen MR) is 105 cm³/mol. The first-order chi connectivity index (χ1) is 12.0. The van der Waals surface area contributed by atoms with Crippen LogP contribution in [0.5, 0.6) is 5.75 Å². The lowest BCUT2D eigenvalue weighted by molar-refractivity contribution is 0.102. The molecule has 2 aromatic rings. The smallest absolute Gasteiger partial charge is 0.256 e. The van der Waals surface area contributed by atoms with Gasteiger partial charge in [-0.2, -0.15) is 0 Å². The number of amides is 1. The molecule has 0 saturated carbocycles. The average molecular weight is 399 g/mol. The molecule has 142 valence electrons. The van der Waals surface area contributed by atoms with E-state index in [0.29, 0.717) is 31.0 Å². The molecule has 0 saturated heterocycles. The Bertz CT molecular complexity index is 823.